The molecule has 102 valence electrons. The summed E-state index contributed by atoms with van der Waals surface area (Å²) in [6, 6.07) is 5.92. The Labute approximate surface area is 117 Å². The molecule has 5 nitrogen and oxygen atoms in total. The average molecular weight is 278 g/mol. The lowest BCUT2D eigenvalue weighted by Gasteiger charge is -2.31. The summed E-state index contributed by atoms with van der Waals surface area (Å²) in [6.07, 6.45) is 3.34. The highest BCUT2D eigenvalue weighted by Gasteiger charge is 2.19. The molecule has 0 aromatic carbocycles. The van der Waals surface area contributed by atoms with Crippen LogP contribution < -0.4 is 0 Å². The molecule has 0 spiro atoms. The van der Waals surface area contributed by atoms with E-state index in [1.165, 1.54) is 0 Å². The second kappa shape index (κ2) is 5.40. The van der Waals surface area contributed by atoms with Crippen molar-refractivity contribution in [2.75, 3.05) is 19.7 Å². The molecule has 2 aromatic heterocycles. The van der Waals surface area contributed by atoms with E-state index >= 15 is 0 Å². The van der Waals surface area contributed by atoms with Gasteiger partial charge < -0.3 is 4.74 Å². The van der Waals surface area contributed by atoms with Gasteiger partial charge in [0.25, 0.3) is 0 Å². The van der Waals surface area contributed by atoms with Crippen LogP contribution in [0.1, 0.15) is 13.3 Å². The van der Waals surface area contributed by atoms with Crippen molar-refractivity contribution >= 4 is 17.9 Å². The number of fused-ring (bicyclic) bond motifs is 1. The zero-order chi connectivity index (χ0) is 13.2. The van der Waals surface area contributed by atoms with E-state index in [0.717, 1.165) is 43.2 Å². The molecule has 1 fully saturated rings. The number of nitrogens with zero attached hydrogens (tertiary/aromatic N) is 4. The molecule has 1 unspecified atom stereocenters. The monoisotopic (exact) mass is 278 g/mol. The first-order chi connectivity index (χ1) is 9.28. The predicted molar refractivity (Wildman–Crippen MR) is 75.6 cm³/mol. The Morgan fingerprint density at radius 3 is 3.16 bits per heavy atom. The quantitative estimate of drug-likeness (QED) is 0.804. The largest absolute Gasteiger partial charge is 0.376 e. The van der Waals surface area contributed by atoms with Crippen molar-refractivity contribution in [3.8, 4) is 0 Å². The maximum atomic E-state index is 5.68. The second-order valence-corrected chi connectivity index (χ2v) is 5.20. The molecule has 1 saturated heterocycles. The van der Waals surface area contributed by atoms with Crippen molar-refractivity contribution in [3.63, 3.8) is 0 Å². The Morgan fingerprint density at radius 2 is 2.37 bits per heavy atom. The van der Waals surface area contributed by atoms with E-state index < -0.39 is 0 Å². The van der Waals surface area contributed by atoms with Crippen LogP contribution in [0.3, 0.4) is 0 Å². The minimum Gasteiger partial charge on any atom is -0.376 e. The summed E-state index contributed by atoms with van der Waals surface area (Å²) >= 11 is 5.46. The zero-order valence-corrected chi connectivity index (χ0v) is 11.8. The molecule has 0 radical (unpaired) electrons. The fourth-order valence-corrected chi connectivity index (χ4v) is 2.66. The molecule has 1 atom stereocenters. The van der Waals surface area contributed by atoms with E-state index in [4.69, 9.17) is 17.0 Å². The summed E-state index contributed by atoms with van der Waals surface area (Å²) in [5.41, 5.74) is 0.896. The highest BCUT2D eigenvalue weighted by molar-refractivity contribution is 7.71. The molecule has 3 heterocycles. The SMILES string of the molecule is CCC1CN(Cn2nc3ccccn3c2=S)CCO1. The lowest BCUT2D eigenvalue weighted by molar-refractivity contribution is -0.0412. The van der Waals surface area contributed by atoms with Gasteiger partial charge in [-0.2, -0.15) is 5.10 Å². The van der Waals surface area contributed by atoms with Crippen LogP contribution >= 0.6 is 12.2 Å². The lowest BCUT2D eigenvalue weighted by atomic mass is 10.2. The van der Waals surface area contributed by atoms with Gasteiger partial charge in [0.05, 0.1) is 19.4 Å². The van der Waals surface area contributed by atoms with Crippen LogP contribution in [0.4, 0.5) is 0 Å². The van der Waals surface area contributed by atoms with Gasteiger partial charge in [0.2, 0.25) is 4.77 Å². The number of rotatable bonds is 3. The minimum atomic E-state index is 0.333. The van der Waals surface area contributed by atoms with Gasteiger partial charge in [-0.15, -0.1) is 0 Å². The molecule has 1 aliphatic heterocycles. The Hall–Kier alpha value is -1.24. The summed E-state index contributed by atoms with van der Waals surface area (Å²) < 4.78 is 10.3. The third-order valence-corrected chi connectivity index (χ3v) is 3.91. The molecular formula is C13H18N4OS. The van der Waals surface area contributed by atoms with Gasteiger partial charge in [0.15, 0.2) is 5.65 Å². The molecule has 0 aliphatic carbocycles. The maximum Gasteiger partial charge on any atom is 0.203 e. The number of ether oxygens (including phenoxy) is 1. The molecule has 0 amide bonds. The third kappa shape index (κ3) is 2.56. The maximum absolute atomic E-state index is 5.68. The van der Waals surface area contributed by atoms with Crippen LogP contribution in [-0.2, 0) is 11.4 Å². The molecule has 19 heavy (non-hydrogen) atoms. The standard InChI is InChI=1S/C13H18N4OS/c1-2-11-9-15(7-8-18-11)10-17-13(19)16-6-4-3-5-12(16)14-17/h3-6,11H,2,7-10H2,1H3. The van der Waals surface area contributed by atoms with Gasteiger partial charge in [-0.05, 0) is 30.8 Å². The number of hydrogen-bond donors (Lipinski definition) is 0. The van der Waals surface area contributed by atoms with Crippen LogP contribution in [0.2, 0.25) is 0 Å². The molecule has 6 heteroatoms. The van der Waals surface area contributed by atoms with Gasteiger partial charge in [0.1, 0.15) is 0 Å². The van der Waals surface area contributed by atoms with Gasteiger partial charge in [-0.3, -0.25) is 9.30 Å². The van der Waals surface area contributed by atoms with Gasteiger partial charge in [0, 0.05) is 19.3 Å². The summed E-state index contributed by atoms with van der Waals surface area (Å²) in [6.45, 7) is 5.57. The Kier molecular flexibility index (Phi) is 3.63. The smallest absolute Gasteiger partial charge is 0.203 e. The Bertz CT molecular complexity index is 620. The van der Waals surface area contributed by atoms with E-state index in [-0.39, 0.29) is 0 Å². The highest BCUT2D eigenvalue weighted by Crippen LogP contribution is 2.10. The van der Waals surface area contributed by atoms with Crippen LogP contribution in [0.5, 0.6) is 0 Å². The van der Waals surface area contributed by atoms with Gasteiger partial charge in [-0.25, -0.2) is 4.68 Å². The molecule has 3 rings (SSSR count). The zero-order valence-electron chi connectivity index (χ0n) is 11.0. The van der Waals surface area contributed by atoms with Crippen LogP contribution in [-0.4, -0.2) is 44.9 Å². The van der Waals surface area contributed by atoms with E-state index in [0.29, 0.717) is 6.10 Å². The first-order valence-electron chi connectivity index (χ1n) is 6.66. The topological polar surface area (TPSA) is 34.7 Å². The molecule has 1 aliphatic rings. The van der Waals surface area contributed by atoms with Crippen molar-refractivity contribution in [2.45, 2.75) is 26.1 Å². The molecular weight excluding hydrogens is 260 g/mol. The van der Waals surface area contributed by atoms with Crippen molar-refractivity contribution < 1.29 is 4.74 Å². The normalized spacial score (nSPS) is 21.0. The van der Waals surface area contributed by atoms with Crippen LogP contribution in [0.25, 0.3) is 5.65 Å². The van der Waals surface area contributed by atoms with Gasteiger partial charge >= 0.3 is 0 Å². The highest BCUT2D eigenvalue weighted by atomic mass is 32.1. The van der Waals surface area contributed by atoms with E-state index in [1.807, 2.05) is 33.5 Å². The summed E-state index contributed by atoms with van der Waals surface area (Å²) in [5.74, 6) is 0. The summed E-state index contributed by atoms with van der Waals surface area (Å²) in [4.78, 5) is 2.35. The Morgan fingerprint density at radius 1 is 1.47 bits per heavy atom. The van der Waals surface area contributed by atoms with Crippen LogP contribution in [0, 0.1) is 4.77 Å². The van der Waals surface area contributed by atoms with Crippen molar-refractivity contribution in [3.05, 3.63) is 29.2 Å². The summed E-state index contributed by atoms with van der Waals surface area (Å²) in [7, 11) is 0. The molecule has 0 bridgehead atoms. The van der Waals surface area contributed by atoms with E-state index in [1.54, 1.807) is 0 Å². The molecule has 0 N–H and O–H groups in total. The predicted octanol–water partition coefficient (Wildman–Crippen LogP) is 1.93. The minimum absolute atomic E-state index is 0.333. The number of aromatic nitrogens is 3. The van der Waals surface area contributed by atoms with E-state index in [9.17, 15) is 0 Å². The molecule has 2 aromatic rings. The number of hydrogen-bond acceptors (Lipinski definition) is 4. The fraction of sp³-hybridized carbons (Fsp3) is 0.538. The van der Waals surface area contributed by atoms with Crippen LogP contribution in [0.15, 0.2) is 24.4 Å². The molecule has 0 saturated carbocycles. The third-order valence-electron chi connectivity index (χ3n) is 3.50. The Balaban J connectivity index is 1.81. The summed E-state index contributed by atoms with van der Waals surface area (Å²) in [5, 5.41) is 4.55. The second-order valence-electron chi connectivity index (χ2n) is 4.83. The fourth-order valence-electron chi connectivity index (χ4n) is 2.41. The van der Waals surface area contributed by atoms with E-state index in [2.05, 4.69) is 16.9 Å². The van der Waals surface area contributed by atoms with Crippen molar-refractivity contribution in [2.24, 2.45) is 0 Å². The number of pyridine rings is 1. The lowest BCUT2D eigenvalue weighted by Crippen LogP contribution is -2.43. The van der Waals surface area contributed by atoms with Crippen molar-refractivity contribution in [1.29, 1.82) is 0 Å². The first-order valence-corrected chi connectivity index (χ1v) is 7.07. The van der Waals surface area contributed by atoms with Crippen molar-refractivity contribution in [1.82, 2.24) is 19.1 Å². The average Bonchev–Trinajstić information content (AvgIpc) is 2.76. The first kappa shape index (κ1) is 12.8. The number of morpholine rings is 1. The van der Waals surface area contributed by atoms with Gasteiger partial charge in [-0.1, -0.05) is 13.0 Å².